The van der Waals surface area contributed by atoms with Crippen LogP contribution in [0.3, 0.4) is 0 Å². The van der Waals surface area contributed by atoms with E-state index in [1.165, 1.54) is 18.5 Å². The molecule has 0 saturated carbocycles. The van der Waals surface area contributed by atoms with Gasteiger partial charge in [-0.1, -0.05) is 19.1 Å². The van der Waals surface area contributed by atoms with Gasteiger partial charge in [0.1, 0.15) is 17.4 Å². The number of hydrogen-bond donors (Lipinski definition) is 3. The van der Waals surface area contributed by atoms with Crippen molar-refractivity contribution in [2.45, 2.75) is 19.8 Å². The second-order valence-corrected chi connectivity index (χ2v) is 8.04. The number of para-hydroxylation sites is 2. The third-order valence-electron chi connectivity index (χ3n) is 6.04. The molecule has 2 aromatic carbocycles. The van der Waals surface area contributed by atoms with Gasteiger partial charge in [-0.05, 0) is 55.2 Å². The molecular formula is C23H25N5O. The minimum absolute atomic E-state index is 0.170. The van der Waals surface area contributed by atoms with Gasteiger partial charge in [0.05, 0.1) is 23.2 Å². The molecule has 29 heavy (non-hydrogen) atoms. The predicted octanol–water partition coefficient (Wildman–Crippen LogP) is 4.57. The molecule has 6 nitrogen and oxygen atoms in total. The lowest BCUT2D eigenvalue weighted by Gasteiger charge is -2.32. The van der Waals surface area contributed by atoms with Crippen LogP contribution < -0.4 is 9.80 Å². The monoisotopic (exact) mass is 387 g/mol. The Kier molecular flexibility index (Phi) is 4.27. The molecule has 1 saturated heterocycles. The summed E-state index contributed by atoms with van der Waals surface area (Å²) >= 11 is 0. The first-order valence-corrected chi connectivity index (χ1v) is 10.2. The van der Waals surface area contributed by atoms with E-state index in [-0.39, 0.29) is 18.1 Å². The minimum atomic E-state index is 0.170. The summed E-state index contributed by atoms with van der Waals surface area (Å²) in [5, 5.41) is 19.2. The second kappa shape index (κ2) is 6.95. The van der Waals surface area contributed by atoms with Gasteiger partial charge in [-0.2, -0.15) is 0 Å². The molecule has 1 fully saturated rings. The van der Waals surface area contributed by atoms with E-state index in [9.17, 15) is 5.11 Å². The molecule has 3 N–H and O–H groups in total. The Bertz CT molecular complexity index is 1060. The standard InChI is InChI=1S/C23H25N5O/c1-15-10-12-27(13-11-15)16-6-8-17(9-7-16)28-14-20(29)21(22(28)24)23-25-18-4-2-3-5-19(18)26-23/h2-9,15,24,29H,10-14H2,1H3,(H,25,26). The third kappa shape index (κ3) is 3.14. The Balaban J connectivity index is 1.37. The van der Waals surface area contributed by atoms with Crippen LogP contribution in [0.5, 0.6) is 0 Å². The van der Waals surface area contributed by atoms with Crippen molar-refractivity contribution in [1.29, 1.82) is 5.41 Å². The zero-order valence-corrected chi connectivity index (χ0v) is 16.5. The van der Waals surface area contributed by atoms with E-state index < -0.39 is 0 Å². The Morgan fingerprint density at radius 1 is 1.03 bits per heavy atom. The fourth-order valence-corrected chi connectivity index (χ4v) is 4.23. The summed E-state index contributed by atoms with van der Waals surface area (Å²) in [6.45, 7) is 4.79. The molecule has 2 aliphatic heterocycles. The number of aromatic amines is 1. The zero-order valence-electron chi connectivity index (χ0n) is 16.5. The van der Waals surface area contributed by atoms with E-state index in [0.29, 0.717) is 11.4 Å². The maximum absolute atomic E-state index is 10.6. The van der Waals surface area contributed by atoms with Crippen molar-refractivity contribution in [1.82, 2.24) is 9.97 Å². The van der Waals surface area contributed by atoms with Gasteiger partial charge in [-0.15, -0.1) is 0 Å². The van der Waals surface area contributed by atoms with Crippen molar-refractivity contribution in [2.75, 3.05) is 29.4 Å². The second-order valence-electron chi connectivity index (χ2n) is 8.04. The van der Waals surface area contributed by atoms with Crippen LogP contribution in [-0.2, 0) is 0 Å². The zero-order chi connectivity index (χ0) is 20.0. The van der Waals surface area contributed by atoms with Crippen molar-refractivity contribution in [3.63, 3.8) is 0 Å². The smallest absolute Gasteiger partial charge is 0.145 e. The first-order chi connectivity index (χ1) is 14.1. The summed E-state index contributed by atoms with van der Waals surface area (Å²) in [4.78, 5) is 12.0. The molecule has 0 aliphatic carbocycles. The van der Waals surface area contributed by atoms with Crippen LogP contribution in [0, 0.1) is 11.3 Å². The lowest BCUT2D eigenvalue weighted by atomic mass is 9.99. The van der Waals surface area contributed by atoms with E-state index in [1.807, 2.05) is 41.3 Å². The number of nitrogens with zero attached hydrogens (tertiary/aromatic N) is 3. The van der Waals surface area contributed by atoms with E-state index in [0.717, 1.165) is 35.7 Å². The summed E-state index contributed by atoms with van der Waals surface area (Å²) in [6.07, 6.45) is 2.47. The molecule has 3 heterocycles. The van der Waals surface area contributed by atoms with Crippen LogP contribution in [0.15, 0.2) is 54.3 Å². The molecule has 0 unspecified atom stereocenters. The summed E-state index contributed by atoms with van der Waals surface area (Å²) in [5.41, 5.74) is 4.32. The van der Waals surface area contributed by atoms with E-state index in [2.05, 4.69) is 33.9 Å². The van der Waals surface area contributed by atoms with Gasteiger partial charge in [0.2, 0.25) is 0 Å². The minimum Gasteiger partial charge on any atom is -0.509 e. The largest absolute Gasteiger partial charge is 0.509 e. The van der Waals surface area contributed by atoms with Gasteiger partial charge in [0.25, 0.3) is 0 Å². The van der Waals surface area contributed by atoms with Gasteiger partial charge in [-0.25, -0.2) is 4.98 Å². The topological polar surface area (TPSA) is 79.2 Å². The summed E-state index contributed by atoms with van der Waals surface area (Å²) < 4.78 is 0. The van der Waals surface area contributed by atoms with Crippen molar-refractivity contribution in [3.05, 3.63) is 60.1 Å². The Morgan fingerprint density at radius 3 is 2.45 bits per heavy atom. The van der Waals surface area contributed by atoms with E-state index in [4.69, 9.17) is 5.41 Å². The first kappa shape index (κ1) is 17.8. The van der Waals surface area contributed by atoms with Crippen LogP contribution in [0.1, 0.15) is 25.6 Å². The fraction of sp³-hybridized carbons (Fsp3) is 0.304. The van der Waals surface area contributed by atoms with Crippen molar-refractivity contribution < 1.29 is 5.11 Å². The van der Waals surface area contributed by atoms with Gasteiger partial charge >= 0.3 is 0 Å². The predicted molar refractivity (Wildman–Crippen MR) is 118 cm³/mol. The molecule has 6 heteroatoms. The molecule has 0 spiro atoms. The number of aliphatic hydroxyl groups is 1. The highest BCUT2D eigenvalue weighted by atomic mass is 16.3. The summed E-state index contributed by atoms with van der Waals surface area (Å²) in [7, 11) is 0. The average Bonchev–Trinajstić information content (AvgIpc) is 3.28. The van der Waals surface area contributed by atoms with E-state index >= 15 is 0 Å². The number of rotatable bonds is 3. The number of anilines is 2. The molecule has 0 bridgehead atoms. The average molecular weight is 387 g/mol. The summed E-state index contributed by atoms with van der Waals surface area (Å²) in [6, 6.07) is 16.0. The molecule has 3 aromatic rings. The highest BCUT2D eigenvalue weighted by Gasteiger charge is 2.31. The summed E-state index contributed by atoms with van der Waals surface area (Å²) in [5.74, 6) is 1.78. The normalized spacial score (nSPS) is 18.3. The van der Waals surface area contributed by atoms with Crippen LogP contribution in [0.4, 0.5) is 11.4 Å². The number of hydrogen-bond acceptors (Lipinski definition) is 4. The number of benzene rings is 2. The molecular weight excluding hydrogens is 362 g/mol. The molecule has 0 radical (unpaired) electrons. The highest BCUT2D eigenvalue weighted by molar-refractivity contribution is 6.30. The lowest BCUT2D eigenvalue weighted by Crippen LogP contribution is -2.32. The molecule has 5 rings (SSSR count). The quantitative estimate of drug-likeness (QED) is 0.615. The number of amidine groups is 1. The first-order valence-electron chi connectivity index (χ1n) is 10.2. The molecule has 2 aliphatic rings. The molecule has 0 amide bonds. The molecule has 0 atom stereocenters. The Hall–Kier alpha value is -3.28. The highest BCUT2D eigenvalue weighted by Crippen LogP contribution is 2.32. The number of aromatic nitrogens is 2. The number of piperidine rings is 1. The third-order valence-corrected chi connectivity index (χ3v) is 6.04. The number of aliphatic hydroxyl groups excluding tert-OH is 1. The van der Waals surface area contributed by atoms with Crippen molar-refractivity contribution in [3.8, 4) is 0 Å². The van der Waals surface area contributed by atoms with Crippen LogP contribution in [0.2, 0.25) is 0 Å². The number of nitrogens with one attached hydrogen (secondary N) is 2. The lowest BCUT2D eigenvalue weighted by molar-refractivity contribution is 0.411. The number of H-pyrrole nitrogens is 1. The van der Waals surface area contributed by atoms with Crippen LogP contribution in [-0.4, -0.2) is 40.5 Å². The molecule has 1 aromatic heterocycles. The van der Waals surface area contributed by atoms with Gasteiger partial charge in [0, 0.05) is 24.5 Å². The van der Waals surface area contributed by atoms with Gasteiger partial charge in [0.15, 0.2) is 0 Å². The van der Waals surface area contributed by atoms with Crippen LogP contribution in [0.25, 0.3) is 16.6 Å². The van der Waals surface area contributed by atoms with E-state index in [1.54, 1.807) is 0 Å². The Labute approximate surface area is 170 Å². The maximum atomic E-state index is 10.6. The maximum Gasteiger partial charge on any atom is 0.145 e. The fourth-order valence-electron chi connectivity index (χ4n) is 4.23. The van der Waals surface area contributed by atoms with Gasteiger partial charge in [-0.3, -0.25) is 5.41 Å². The SMILES string of the molecule is CC1CCN(c2ccc(N3CC(O)=C(c4nc5ccccc5[nH]4)C3=N)cc2)CC1. The van der Waals surface area contributed by atoms with Gasteiger partial charge < -0.3 is 19.9 Å². The van der Waals surface area contributed by atoms with Crippen molar-refractivity contribution >= 4 is 33.8 Å². The van der Waals surface area contributed by atoms with Crippen molar-refractivity contribution in [2.24, 2.45) is 5.92 Å². The molecule has 148 valence electrons. The van der Waals surface area contributed by atoms with Crippen LogP contribution >= 0.6 is 0 Å². The Morgan fingerprint density at radius 2 is 1.72 bits per heavy atom. The number of imidazole rings is 1. The number of fused-ring (bicyclic) bond motifs is 1.